The molecule has 33 heavy (non-hydrogen) atoms. The van der Waals surface area contributed by atoms with Crippen LogP contribution in [-0.4, -0.2) is 11.1 Å². The first kappa shape index (κ1) is 22.3. The van der Waals surface area contributed by atoms with Gasteiger partial charge in [-0.25, -0.2) is 0 Å². The summed E-state index contributed by atoms with van der Waals surface area (Å²) in [6, 6.07) is 17.1. The van der Waals surface area contributed by atoms with E-state index in [-0.39, 0.29) is 5.41 Å². The first-order valence-corrected chi connectivity index (χ1v) is 12.6. The lowest BCUT2D eigenvalue weighted by Crippen LogP contribution is -2.44. The van der Waals surface area contributed by atoms with Gasteiger partial charge in [0, 0.05) is 6.42 Å². The predicted molar refractivity (Wildman–Crippen MR) is 131 cm³/mol. The van der Waals surface area contributed by atoms with E-state index in [0.717, 1.165) is 31.4 Å². The number of carboxylic acid groups (broad SMARTS) is 1. The van der Waals surface area contributed by atoms with E-state index in [1.165, 1.54) is 29.5 Å². The highest BCUT2D eigenvalue weighted by atomic mass is 16.5. The average Bonchev–Trinajstić information content (AvgIpc) is 3.09. The van der Waals surface area contributed by atoms with E-state index in [2.05, 4.69) is 49.9 Å². The van der Waals surface area contributed by atoms with Crippen molar-refractivity contribution in [3.8, 4) is 5.75 Å². The molecule has 2 fully saturated rings. The summed E-state index contributed by atoms with van der Waals surface area (Å²) in [5.74, 6) is 3.02. The van der Waals surface area contributed by atoms with E-state index in [1.807, 2.05) is 18.2 Å². The van der Waals surface area contributed by atoms with Crippen LogP contribution in [0.15, 0.2) is 61.2 Å². The maximum Gasteiger partial charge on any atom is 0.303 e. The normalized spacial score (nSPS) is 32.3. The van der Waals surface area contributed by atoms with E-state index < -0.39 is 5.97 Å². The van der Waals surface area contributed by atoms with Crippen LogP contribution < -0.4 is 4.74 Å². The second-order valence-electron chi connectivity index (χ2n) is 10.8. The molecular weight excluding hydrogens is 408 g/mol. The molecule has 1 N–H and O–H groups in total. The van der Waals surface area contributed by atoms with Crippen LogP contribution in [0.4, 0.5) is 0 Å². The van der Waals surface area contributed by atoms with Crippen LogP contribution >= 0.6 is 0 Å². The van der Waals surface area contributed by atoms with Crippen molar-refractivity contribution in [2.45, 2.75) is 64.4 Å². The maximum atomic E-state index is 11.6. The molecule has 174 valence electrons. The summed E-state index contributed by atoms with van der Waals surface area (Å²) in [5, 5.41) is 9.57. The third kappa shape index (κ3) is 4.11. The molecule has 0 spiro atoms. The number of ether oxygens (including phenoxy) is 1. The Morgan fingerprint density at radius 3 is 2.79 bits per heavy atom. The summed E-state index contributed by atoms with van der Waals surface area (Å²) in [7, 11) is 0. The molecule has 2 aromatic rings. The fraction of sp³-hybridized carbons (Fsp3) is 0.500. The predicted octanol–water partition coefficient (Wildman–Crippen LogP) is 7.01. The van der Waals surface area contributed by atoms with Crippen LogP contribution in [0, 0.1) is 29.1 Å². The van der Waals surface area contributed by atoms with E-state index in [0.29, 0.717) is 42.6 Å². The first-order valence-electron chi connectivity index (χ1n) is 12.6. The number of carbonyl (C=O) groups is 1. The van der Waals surface area contributed by atoms with Gasteiger partial charge in [-0.1, -0.05) is 49.4 Å². The first-order chi connectivity index (χ1) is 16.0. The van der Waals surface area contributed by atoms with Gasteiger partial charge in [0.25, 0.3) is 0 Å². The van der Waals surface area contributed by atoms with Gasteiger partial charge in [-0.05, 0) is 102 Å². The minimum atomic E-state index is -0.640. The van der Waals surface area contributed by atoms with Crippen LogP contribution in [0.25, 0.3) is 0 Å². The van der Waals surface area contributed by atoms with Crippen LogP contribution in [0.5, 0.6) is 5.75 Å². The summed E-state index contributed by atoms with van der Waals surface area (Å²) in [4.78, 5) is 11.6. The Labute approximate surface area is 197 Å². The van der Waals surface area contributed by atoms with E-state index in [4.69, 9.17) is 4.74 Å². The molecule has 5 unspecified atom stereocenters. The zero-order valence-corrected chi connectivity index (χ0v) is 19.7. The highest BCUT2D eigenvalue weighted by molar-refractivity contribution is 5.67. The number of benzene rings is 2. The zero-order valence-electron chi connectivity index (χ0n) is 19.7. The van der Waals surface area contributed by atoms with Crippen LogP contribution in [0.3, 0.4) is 0 Å². The largest absolute Gasteiger partial charge is 0.489 e. The van der Waals surface area contributed by atoms with Crippen molar-refractivity contribution >= 4 is 5.97 Å². The fourth-order valence-electron chi connectivity index (χ4n) is 7.80. The number of hydrogen-bond acceptors (Lipinski definition) is 2. The Balaban J connectivity index is 1.37. The third-order valence-electron chi connectivity index (χ3n) is 9.16. The second-order valence-corrected chi connectivity index (χ2v) is 10.8. The molecule has 5 rings (SSSR count). The molecule has 0 amide bonds. The van der Waals surface area contributed by atoms with Gasteiger partial charge >= 0.3 is 5.97 Å². The van der Waals surface area contributed by atoms with Gasteiger partial charge in [0.2, 0.25) is 0 Å². The molecule has 3 aliphatic carbocycles. The molecule has 0 radical (unpaired) electrons. The van der Waals surface area contributed by atoms with Crippen LogP contribution in [0.1, 0.15) is 68.1 Å². The third-order valence-corrected chi connectivity index (χ3v) is 9.16. The Bertz CT molecular complexity index is 1010. The monoisotopic (exact) mass is 444 g/mol. The van der Waals surface area contributed by atoms with Crippen LogP contribution in [-0.2, 0) is 17.8 Å². The van der Waals surface area contributed by atoms with Crippen molar-refractivity contribution in [3.63, 3.8) is 0 Å². The smallest absolute Gasteiger partial charge is 0.303 e. The molecule has 3 nitrogen and oxygen atoms in total. The zero-order chi connectivity index (χ0) is 23.0. The van der Waals surface area contributed by atoms with Crippen molar-refractivity contribution in [3.05, 3.63) is 77.9 Å². The molecule has 0 aliphatic heterocycles. The Morgan fingerprint density at radius 1 is 1.21 bits per heavy atom. The van der Waals surface area contributed by atoms with Gasteiger partial charge in [0.05, 0.1) is 0 Å². The van der Waals surface area contributed by atoms with Crippen molar-refractivity contribution in [2.24, 2.45) is 29.1 Å². The van der Waals surface area contributed by atoms with Crippen molar-refractivity contribution in [1.82, 2.24) is 0 Å². The van der Waals surface area contributed by atoms with E-state index in [1.54, 1.807) is 0 Å². The average molecular weight is 445 g/mol. The standard InChI is InChI=1S/C30H36O3/c1-3-7-22-16-23(18-28(31)32)30(2)15-14-26-25-13-11-24(33-19-20-8-5-4-6-9-20)17-21(25)10-12-27(26)29(22)30/h3-6,8-9,11,13,17,22-23,26-27,29H,1,7,10,12,14-16,18-19H2,2H3,(H,31,32)/t22?,23?,26?,27?,29?,30-/m1/s1. The highest BCUT2D eigenvalue weighted by Gasteiger charge is 2.58. The van der Waals surface area contributed by atoms with Gasteiger partial charge < -0.3 is 9.84 Å². The lowest BCUT2D eigenvalue weighted by molar-refractivity contribution is -0.139. The van der Waals surface area contributed by atoms with Crippen molar-refractivity contribution < 1.29 is 14.6 Å². The Morgan fingerprint density at radius 2 is 2.03 bits per heavy atom. The van der Waals surface area contributed by atoms with Gasteiger partial charge in [-0.15, -0.1) is 6.58 Å². The Kier molecular flexibility index (Phi) is 6.07. The molecule has 3 heteroatoms. The molecule has 0 bridgehead atoms. The number of hydrogen-bond donors (Lipinski definition) is 1. The molecule has 3 aliphatic rings. The topological polar surface area (TPSA) is 46.5 Å². The summed E-state index contributed by atoms with van der Waals surface area (Å²) < 4.78 is 6.11. The summed E-state index contributed by atoms with van der Waals surface area (Å²) in [6.45, 7) is 7.03. The van der Waals surface area contributed by atoms with Crippen LogP contribution in [0.2, 0.25) is 0 Å². The van der Waals surface area contributed by atoms with Gasteiger partial charge in [0.1, 0.15) is 12.4 Å². The van der Waals surface area contributed by atoms with Gasteiger partial charge in [0.15, 0.2) is 0 Å². The summed E-state index contributed by atoms with van der Waals surface area (Å²) in [5.41, 5.74) is 4.29. The van der Waals surface area contributed by atoms with Crippen molar-refractivity contribution in [2.75, 3.05) is 0 Å². The highest BCUT2D eigenvalue weighted by Crippen LogP contribution is 2.66. The fourth-order valence-corrected chi connectivity index (χ4v) is 7.80. The van der Waals surface area contributed by atoms with E-state index in [9.17, 15) is 9.90 Å². The van der Waals surface area contributed by atoms with Gasteiger partial charge in [-0.3, -0.25) is 4.79 Å². The minimum Gasteiger partial charge on any atom is -0.489 e. The number of carboxylic acids is 1. The molecule has 6 atom stereocenters. The molecule has 2 aromatic carbocycles. The summed E-state index contributed by atoms with van der Waals surface area (Å²) >= 11 is 0. The molecule has 2 saturated carbocycles. The minimum absolute atomic E-state index is 0.142. The quantitative estimate of drug-likeness (QED) is 0.467. The number of rotatable bonds is 7. The lowest BCUT2D eigenvalue weighted by atomic mass is 9.52. The summed E-state index contributed by atoms with van der Waals surface area (Å²) in [6.07, 6.45) is 9.04. The van der Waals surface area contributed by atoms with E-state index >= 15 is 0 Å². The lowest BCUT2D eigenvalue weighted by Gasteiger charge is -2.52. The maximum absolute atomic E-state index is 11.6. The number of fused-ring (bicyclic) bond motifs is 5. The number of allylic oxidation sites excluding steroid dienone is 1. The second kappa shape index (κ2) is 9.00. The molecule has 0 heterocycles. The molecular formula is C30H36O3. The van der Waals surface area contributed by atoms with Gasteiger partial charge in [-0.2, -0.15) is 0 Å². The molecule has 0 aromatic heterocycles. The molecule has 0 saturated heterocycles. The SMILES string of the molecule is C=CCC1CC(CC(=O)O)[C@@]2(C)CCC3c4ccc(OCc5ccccc5)cc4CCC3C12. The van der Waals surface area contributed by atoms with Crippen molar-refractivity contribution in [1.29, 1.82) is 0 Å². The Hall–Kier alpha value is -2.55. The number of aliphatic carboxylic acids is 1. The number of aryl methyl sites for hydroxylation is 1.